The van der Waals surface area contributed by atoms with Crippen molar-refractivity contribution in [3.63, 3.8) is 0 Å². The van der Waals surface area contributed by atoms with Crippen LogP contribution in [0.25, 0.3) is 0 Å². The molecule has 6 heteroatoms. The first-order valence-electron chi connectivity index (χ1n) is 3.28. The van der Waals surface area contributed by atoms with Crippen molar-refractivity contribution in [2.24, 2.45) is 0 Å². The minimum absolute atomic E-state index is 1.02. The Bertz CT molecular complexity index is 142. The molecule has 0 bridgehead atoms. The van der Waals surface area contributed by atoms with Gasteiger partial charge in [-0.1, -0.05) is 15.9 Å². The van der Waals surface area contributed by atoms with Crippen molar-refractivity contribution in [2.75, 3.05) is 0 Å². The Labute approximate surface area is 77.8 Å². The van der Waals surface area contributed by atoms with E-state index in [1.165, 1.54) is 6.92 Å². The van der Waals surface area contributed by atoms with Gasteiger partial charge in [0.2, 0.25) is 0 Å². The van der Waals surface area contributed by atoms with E-state index in [0.29, 0.717) is 0 Å². The highest BCUT2D eigenvalue weighted by atomic mass is 79.9. The fraction of sp³-hybridized carbons (Fsp3) is 0.833. The van der Waals surface area contributed by atoms with Crippen molar-refractivity contribution in [3.8, 4) is 0 Å². The summed E-state index contributed by atoms with van der Waals surface area (Å²) >= 11 is 2.55. The molecule has 0 aromatic carbocycles. The molecule has 12 heavy (non-hydrogen) atoms. The predicted molar refractivity (Wildman–Crippen MR) is 43.6 cm³/mol. The van der Waals surface area contributed by atoms with E-state index in [1.54, 1.807) is 0 Å². The Morgan fingerprint density at radius 3 is 1.83 bits per heavy atom. The van der Waals surface area contributed by atoms with Crippen LogP contribution in [0, 0.1) is 0 Å². The lowest BCUT2D eigenvalue weighted by Gasteiger charge is -2.17. The molecule has 0 fully saturated rings. The average molecular weight is 243 g/mol. The van der Waals surface area contributed by atoms with Gasteiger partial charge in [0.25, 0.3) is 0 Å². The van der Waals surface area contributed by atoms with Crippen LogP contribution in [0.3, 0.4) is 0 Å². The number of halogens is 1. The largest absolute Gasteiger partial charge is 0.390 e. The maximum Gasteiger partial charge on any atom is 0.195 e. The summed E-state index contributed by atoms with van der Waals surface area (Å²) < 4.78 is 0. The molecule has 72 valence electrons. The summed E-state index contributed by atoms with van der Waals surface area (Å²) in [6, 6.07) is 0. The molecule has 0 radical (unpaired) electrons. The molecule has 4 atom stereocenters. The second-order valence-corrected chi connectivity index (χ2v) is 3.34. The zero-order valence-corrected chi connectivity index (χ0v) is 7.97. The van der Waals surface area contributed by atoms with Gasteiger partial charge in [0.1, 0.15) is 11.1 Å². The molecule has 0 aromatic rings. The number of hydrogen-bond acceptors (Lipinski definition) is 5. The lowest BCUT2D eigenvalue weighted by molar-refractivity contribution is -0.143. The van der Waals surface area contributed by atoms with E-state index in [2.05, 4.69) is 15.9 Å². The number of alkyl halides is 1. The summed E-state index contributed by atoms with van der Waals surface area (Å²) in [5, 5.41) is 33.8. The first-order chi connectivity index (χ1) is 5.37. The number of rotatable bonds is 4. The molecule has 0 aliphatic carbocycles. The molecule has 1 unspecified atom stereocenters. The van der Waals surface area contributed by atoms with E-state index in [-0.39, 0.29) is 0 Å². The summed E-state index contributed by atoms with van der Waals surface area (Å²) in [4.78, 5) is 10.9. The van der Waals surface area contributed by atoms with Crippen LogP contribution in [0.5, 0.6) is 0 Å². The molecule has 0 spiro atoms. The maximum absolute atomic E-state index is 10.9. The standard InChI is InChI=1S/C6H11BrO5/c1-2(8)3(9)4(10)5(11)6(7)12/h2-3,5-6,8-9,11-12H,1H3/t2-,3+,5-,6?/m1/s1. The van der Waals surface area contributed by atoms with E-state index >= 15 is 0 Å². The third-order valence-electron chi connectivity index (χ3n) is 1.30. The second-order valence-electron chi connectivity index (χ2n) is 2.41. The number of hydrogen-bond donors (Lipinski definition) is 4. The van der Waals surface area contributed by atoms with Gasteiger partial charge in [0, 0.05) is 0 Å². The fourth-order valence-electron chi connectivity index (χ4n) is 0.548. The third kappa shape index (κ3) is 3.16. The van der Waals surface area contributed by atoms with Crippen molar-refractivity contribution < 1.29 is 25.2 Å². The van der Waals surface area contributed by atoms with Crippen LogP contribution >= 0.6 is 15.9 Å². The monoisotopic (exact) mass is 242 g/mol. The lowest BCUT2D eigenvalue weighted by atomic mass is 10.1. The highest BCUT2D eigenvalue weighted by molar-refractivity contribution is 9.09. The van der Waals surface area contributed by atoms with Gasteiger partial charge < -0.3 is 20.4 Å². The van der Waals surface area contributed by atoms with Crippen LogP contribution in [0.15, 0.2) is 0 Å². The summed E-state index contributed by atoms with van der Waals surface area (Å²) in [7, 11) is 0. The predicted octanol–water partition coefficient (Wildman–Crippen LogP) is -1.63. The van der Waals surface area contributed by atoms with Crippen LogP contribution in [-0.4, -0.2) is 49.5 Å². The molecule has 0 saturated carbocycles. The zero-order valence-electron chi connectivity index (χ0n) is 6.38. The number of aliphatic hydroxyl groups excluding tert-OH is 4. The van der Waals surface area contributed by atoms with Gasteiger partial charge in [-0.05, 0) is 6.92 Å². The number of aliphatic hydroxyl groups is 4. The molecule has 0 rings (SSSR count). The highest BCUT2D eigenvalue weighted by Gasteiger charge is 2.30. The molecule has 5 nitrogen and oxygen atoms in total. The number of carbonyl (C=O) groups is 1. The SMILES string of the molecule is C[C@@H](O)[C@H](O)C(=O)[C@@H](O)C(O)Br. The van der Waals surface area contributed by atoms with Crippen molar-refractivity contribution >= 4 is 21.7 Å². The minimum Gasteiger partial charge on any atom is -0.390 e. The minimum atomic E-state index is -1.73. The molecular weight excluding hydrogens is 232 g/mol. The average Bonchev–Trinajstić information content (AvgIpc) is 2.00. The molecule has 0 heterocycles. The van der Waals surface area contributed by atoms with Crippen LogP contribution in [-0.2, 0) is 4.79 Å². The Hall–Kier alpha value is -0.0100. The Balaban J connectivity index is 4.19. The summed E-state index contributed by atoms with van der Waals surface area (Å²) in [6.45, 7) is 1.20. The van der Waals surface area contributed by atoms with Gasteiger partial charge in [0.15, 0.2) is 11.9 Å². The second kappa shape index (κ2) is 4.88. The molecule has 0 saturated heterocycles. The van der Waals surface area contributed by atoms with E-state index in [0.717, 1.165) is 0 Å². The van der Waals surface area contributed by atoms with Gasteiger partial charge in [-0.2, -0.15) is 0 Å². The van der Waals surface area contributed by atoms with Crippen LogP contribution in [0.2, 0.25) is 0 Å². The molecule has 0 aliphatic rings. The molecule has 4 N–H and O–H groups in total. The van der Waals surface area contributed by atoms with Gasteiger partial charge in [-0.3, -0.25) is 4.79 Å². The summed E-state index contributed by atoms with van der Waals surface area (Å²) in [5.41, 5.74) is 0. The quantitative estimate of drug-likeness (QED) is 0.444. The van der Waals surface area contributed by atoms with Gasteiger partial charge in [-0.25, -0.2) is 0 Å². The summed E-state index contributed by atoms with van der Waals surface area (Å²) in [5.74, 6) is -1.02. The van der Waals surface area contributed by atoms with Gasteiger partial charge in [0.05, 0.1) is 6.10 Å². The molecule has 0 amide bonds. The molecular formula is C6H11BrO5. The van der Waals surface area contributed by atoms with E-state index in [4.69, 9.17) is 20.4 Å². The number of carbonyl (C=O) groups excluding carboxylic acids is 1. The Kier molecular flexibility index (Phi) is 4.88. The van der Waals surface area contributed by atoms with Crippen LogP contribution in [0.4, 0.5) is 0 Å². The number of ketones is 1. The maximum atomic E-state index is 10.9. The Morgan fingerprint density at radius 2 is 1.58 bits per heavy atom. The topological polar surface area (TPSA) is 98.0 Å². The molecule has 0 aromatic heterocycles. The van der Waals surface area contributed by atoms with E-state index < -0.39 is 29.1 Å². The van der Waals surface area contributed by atoms with Crippen molar-refractivity contribution in [1.29, 1.82) is 0 Å². The highest BCUT2D eigenvalue weighted by Crippen LogP contribution is 2.06. The summed E-state index contributed by atoms with van der Waals surface area (Å²) in [6.07, 6.45) is -4.67. The van der Waals surface area contributed by atoms with Crippen molar-refractivity contribution in [1.82, 2.24) is 0 Å². The van der Waals surface area contributed by atoms with Crippen LogP contribution < -0.4 is 0 Å². The Morgan fingerprint density at radius 1 is 1.17 bits per heavy atom. The van der Waals surface area contributed by atoms with Gasteiger partial charge in [-0.15, -0.1) is 0 Å². The van der Waals surface area contributed by atoms with E-state index in [1.807, 2.05) is 0 Å². The fourth-order valence-corrected chi connectivity index (χ4v) is 0.809. The molecule has 0 aliphatic heterocycles. The zero-order chi connectivity index (χ0) is 9.89. The third-order valence-corrected chi connectivity index (χ3v) is 1.80. The van der Waals surface area contributed by atoms with Crippen LogP contribution in [0.1, 0.15) is 6.92 Å². The van der Waals surface area contributed by atoms with E-state index in [9.17, 15) is 4.79 Å². The first-order valence-corrected chi connectivity index (χ1v) is 4.19. The number of Topliss-reactive ketones (excluding diaryl/α,β-unsaturated/α-hetero) is 1. The normalized spacial score (nSPS) is 21.2. The first kappa shape index (κ1) is 12.0. The smallest absolute Gasteiger partial charge is 0.195 e. The van der Waals surface area contributed by atoms with Gasteiger partial charge >= 0.3 is 0 Å². The van der Waals surface area contributed by atoms with Crippen molar-refractivity contribution in [3.05, 3.63) is 0 Å². The van der Waals surface area contributed by atoms with Crippen molar-refractivity contribution in [2.45, 2.75) is 30.2 Å². The lowest BCUT2D eigenvalue weighted by Crippen LogP contribution is -2.42.